The lowest BCUT2D eigenvalue weighted by atomic mass is 10.0. The van der Waals surface area contributed by atoms with E-state index in [0.29, 0.717) is 25.0 Å². The first kappa shape index (κ1) is 31.3. The van der Waals surface area contributed by atoms with Gasteiger partial charge in [0, 0.05) is 25.6 Å². The Morgan fingerprint density at radius 3 is 2.36 bits per heavy atom. The summed E-state index contributed by atoms with van der Waals surface area (Å²) in [5.74, 6) is -1.99. The van der Waals surface area contributed by atoms with Gasteiger partial charge in [-0.2, -0.15) is 0 Å². The van der Waals surface area contributed by atoms with Crippen LogP contribution >= 0.6 is 0 Å². The molecule has 0 spiro atoms. The first-order valence-corrected chi connectivity index (χ1v) is 13.2. The van der Waals surface area contributed by atoms with Crippen molar-refractivity contribution in [3.05, 3.63) is 70.8 Å². The number of carbonyl (C=O) groups excluding carboxylic acids is 3. The highest BCUT2D eigenvalue weighted by Gasteiger charge is 2.22. The Hall–Kier alpha value is -3.92. The number of nitrogens with zero attached hydrogens (tertiary/aromatic N) is 1. The molecule has 2 rings (SSSR count). The molecule has 0 heterocycles. The van der Waals surface area contributed by atoms with E-state index in [4.69, 9.17) is 9.57 Å². The Labute approximate surface area is 229 Å². The zero-order chi connectivity index (χ0) is 28.6. The molecule has 0 aromatic heterocycles. The molecule has 212 valence electrons. The van der Waals surface area contributed by atoms with Gasteiger partial charge in [0.2, 0.25) is 5.91 Å². The number of carboxylic acid groups (broad SMARTS) is 1. The van der Waals surface area contributed by atoms with E-state index in [9.17, 15) is 24.3 Å². The molecule has 0 fully saturated rings. The van der Waals surface area contributed by atoms with E-state index in [1.165, 1.54) is 17.0 Å². The second-order valence-corrected chi connectivity index (χ2v) is 9.39. The van der Waals surface area contributed by atoms with Crippen LogP contribution in [0.4, 0.5) is 4.79 Å². The molecule has 0 aliphatic heterocycles. The Bertz CT molecular complexity index is 1090. The van der Waals surface area contributed by atoms with Crippen LogP contribution in [-0.4, -0.2) is 53.1 Å². The van der Waals surface area contributed by atoms with Crippen molar-refractivity contribution in [2.24, 2.45) is 0 Å². The van der Waals surface area contributed by atoms with Gasteiger partial charge in [0.15, 0.2) is 0 Å². The predicted molar refractivity (Wildman–Crippen MR) is 146 cm³/mol. The lowest BCUT2D eigenvalue weighted by Crippen LogP contribution is -2.37. The number of rotatable bonds is 16. The molecule has 2 aromatic rings. The number of hydroxylamine groups is 1. The van der Waals surface area contributed by atoms with E-state index in [-0.39, 0.29) is 49.2 Å². The van der Waals surface area contributed by atoms with Gasteiger partial charge in [-0.15, -0.1) is 0 Å². The van der Waals surface area contributed by atoms with Crippen LogP contribution in [0.5, 0.6) is 0 Å². The van der Waals surface area contributed by atoms with Gasteiger partial charge in [-0.05, 0) is 56.4 Å². The third-order valence-corrected chi connectivity index (χ3v) is 5.88. The molecular formula is C29H39N3O7. The number of aromatic carboxylic acids is 1. The summed E-state index contributed by atoms with van der Waals surface area (Å²) in [4.78, 5) is 55.6. The standard InChI is InChI=1S/C29H39N3O7/c1-4-5-17-39-31-26(33)13-9-10-16-30-27(34)24-15-14-23(18-25(24)28(35)36)19-32(21(2)3)29(37)38-20-22-11-7-6-8-12-22/h6-8,11-12,14-15,18,21H,4-5,9-10,13,16-17,19-20H2,1-3H3,(H,30,34)(H,31,33)(H,35,36). The number of hydrogen-bond donors (Lipinski definition) is 3. The third kappa shape index (κ3) is 11.2. The number of amides is 3. The molecule has 0 radical (unpaired) electrons. The van der Waals surface area contributed by atoms with Gasteiger partial charge in [-0.1, -0.05) is 49.7 Å². The third-order valence-electron chi connectivity index (χ3n) is 5.88. The summed E-state index contributed by atoms with van der Waals surface area (Å²) in [6, 6.07) is 13.6. The van der Waals surface area contributed by atoms with Crippen molar-refractivity contribution in [3.8, 4) is 0 Å². The van der Waals surface area contributed by atoms with Gasteiger partial charge in [0.05, 0.1) is 17.7 Å². The first-order valence-electron chi connectivity index (χ1n) is 13.2. The molecular weight excluding hydrogens is 502 g/mol. The van der Waals surface area contributed by atoms with Crippen molar-refractivity contribution in [1.29, 1.82) is 0 Å². The van der Waals surface area contributed by atoms with Crippen LogP contribution in [0.3, 0.4) is 0 Å². The maximum Gasteiger partial charge on any atom is 0.410 e. The van der Waals surface area contributed by atoms with Gasteiger partial charge >= 0.3 is 12.1 Å². The molecule has 0 bridgehead atoms. The van der Waals surface area contributed by atoms with E-state index in [1.54, 1.807) is 6.07 Å². The van der Waals surface area contributed by atoms with Crippen LogP contribution in [0.1, 0.15) is 84.7 Å². The molecule has 0 atom stereocenters. The SMILES string of the molecule is CCCCONC(=O)CCCCNC(=O)c1ccc(CN(C(=O)OCc2ccccc2)C(C)C)cc1C(=O)O. The molecule has 0 aliphatic rings. The fourth-order valence-corrected chi connectivity index (χ4v) is 3.63. The van der Waals surface area contributed by atoms with E-state index in [1.807, 2.05) is 51.1 Å². The zero-order valence-corrected chi connectivity index (χ0v) is 22.9. The Balaban J connectivity index is 1.91. The number of carbonyl (C=O) groups is 4. The Morgan fingerprint density at radius 2 is 1.69 bits per heavy atom. The quantitative estimate of drug-likeness (QED) is 0.207. The number of carboxylic acids is 1. The molecule has 0 unspecified atom stereocenters. The number of benzene rings is 2. The number of hydrogen-bond acceptors (Lipinski definition) is 6. The van der Waals surface area contributed by atoms with E-state index >= 15 is 0 Å². The van der Waals surface area contributed by atoms with Gasteiger partial charge in [-0.25, -0.2) is 15.1 Å². The summed E-state index contributed by atoms with van der Waals surface area (Å²) in [5.41, 5.74) is 3.67. The van der Waals surface area contributed by atoms with Crippen molar-refractivity contribution >= 4 is 23.9 Å². The second-order valence-electron chi connectivity index (χ2n) is 9.39. The lowest BCUT2D eigenvalue weighted by Gasteiger charge is -2.26. The summed E-state index contributed by atoms with van der Waals surface area (Å²) in [5, 5.41) is 12.4. The van der Waals surface area contributed by atoms with Gasteiger partial charge in [-0.3, -0.25) is 14.4 Å². The van der Waals surface area contributed by atoms with Crippen molar-refractivity contribution in [2.45, 2.75) is 72.1 Å². The first-order chi connectivity index (χ1) is 18.7. The van der Waals surface area contributed by atoms with Crippen molar-refractivity contribution in [2.75, 3.05) is 13.2 Å². The minimum Gasteiger partial charge on any atom is -0.478 e. The van der Waals surface area contributed by atoms with E-state index < -0.39 is 18.0 Å². The summed E-state index contributed by atoms with van der Waals surface area (Å²) < 4.78 is 5.45. The fourth-order valence-electron chi connectivity index (χ4n) is 3.63. The molecule has 2 aromatic carbocycles. The van der Waals surface area contributed by atoms with Crippen LogP contribution in [-0.2, 0) is 27.5 Å². The van der Waals surface area contributed by atoms with Crippen molar-refractivity contribution in [3.63, 3.8) is 0 Å². The summed E-state index contributed by atoms with van der Waals surface area (Å²) in [7, 11) is 0. The number of nitrogens with one attached hydrogen (secondary N) is 2. The zero-order valence-electron chi connectivity index (χ0n) is 22.9. The van der Waals surface area contributed by atoms with E-state index in [0.717, 1.165) is 18.4 Å². The molecule has 10 heteroatoms. The van der Waals surface area contributed by atoms with Crippen LogP contribution in [0.25, 0.3) is 0 Å². The smallest absolute Gasteiger partial charge is 0.410 e. The minimum atomic E-state index is -1.25. The highest BCUT2D eigenvalue weighted by atomic mass is 16.6. The highest BCUT2D eigenvalue weighted by Crippen LogP contribution is 2.17. The molecule has 39 heavy (non-hydrogen) atoms. The lowest BCUT2D eigenvalue weighted by molar-refractivity contribution is -0.133. The van der Waals surface area contributed by atoms with Gasteiger partial charge in [0.25, 0.3) is 5.91 Å². The second kappa shape index (κ2) is 16.8. The average Bonchev–Trinajstić information content (AvgIpc) is 2.92. The summed E-state index contributed by atoms with van der Waals surface area (Å²) >= 11 is 0. The normalized spacial score (nSPS) is 10.7. The monoisotopic (exact) mass is 541 g/mol. The topological polar surface area (TPSA) is 134 Å². The largest absolute Gasteiger partial charge is 0.478 e. The van der Waals surface area contributed by atoms with E-state index in [2.05, 4.69) is 10.8 Å². The van der Waals surface area contributed by atoms with Crippen LogP contribution in [0.2, 0.25) is 0 Å². The molecule has 10 nitrogen and oxygen atoms in total. The number of ether oxygens (including phenoxy) is 1. The maximum absolute atomic E-state index is 12.7. The van der Waals surface area contributed by atoms with Crippen molar-refractivity contribution in [1.82, 2.24) is 15.7 Å². The highest BCUT2D eigenvalue weighted by molar-refractivity contribution is 6.04. The Kier molecular flexibility index (Phi) is 13.5. The fraction of sp³-hybridized carbons (Fsp3) is 0.448. The average molecular weight is 542 g/mol. The van der Waals surface area contributed by atoms with Gasteiger partial charge < -0.3 is 20.1 Å². The predicted octanol–water partition coefficient (Wildman–Crippen LogP) is 4.68. The van der Waals surface area contributed by atoms with Crippen LogP contribution in [0, 0.1) is 0 Å². The number of unbranched alkanes of at least 4 members (excludes halogenated alkanes) is 2. The molecule has 0 aliphatic carbocycles. The Morgan fingerprint density at radius 1 is 0.949 bits per heavy atom. The van der Waals surface area contributed by atoms with Gasteiger partial charge in [0.1, 0.15) is 6.61 Å². The summed E-state index contributed by atoms with van der Waals surface area (Å²) in [6.45, 7) is 6.71. The molecule has 3 N–H and O–H groups in total. The van der Waals surface area contributed by atoms with Crippen molar-refractivity contribution < 1.29 is 33.9 Å². The summed E-state index contributed by atoms with van der Waals surface area (Å²) in [6.07, 6.45) is 2.67. The molecule has 3 amide bonds. The minimum absolute atomic E-state index is 0.0241. The van der Waals surface area contributed by atoms with Crippen LogP contribution in [0.15, 0.2) is 48.5 Å². The molecule has 0 saturated heterocycles. The molecule has 0 saturated carbocycles. The van der Waals surface area contributed by atoms with Crippen LogP contribution < -0.4 is 10.8 Å². The maximum atomic E-state index is 12.7.